The van der Waals surface area contributed by atoms with Gasteiger partial charge in [0.2, 0.25) is 11.8 Å². The van der Waals surface area contributed by atoms with Gasteiger partial charge in [-0.15, -0.1) is 0 Å². The Morgan fingerprint density at radius 2 is 1.89 bits per heavy atom. The van der Waals surface area contributed by atoms with Gasteiger partial charge in [0.1, 0.15) is 40.7 Å². The van der Waals surface area contributed by atoms with Crippen molar-refractivity contribution < 1.29 is 48.0 Å². The van der Waals surface area contributed by atoms with E-state index in [1.807, 2.05) is 6.92 Å². The first kappa shape index (κ1) is 37.8. The molecule has 13 nitrogen and oxygen atoms in total. The number of amides is 3. The van der Waals surface area contributed by atoms with Gasteiger partial charge in [0.15, 0.2) is 5.72 Å². The second-order valence-electron chi connectivity index (χ2n) is 12.4. The number of nitrogens with one attached hydrogen (secondary N) is 1. The zero-order valence-corrected chi connectivity index (χ0v) is 29.3. The number of allylic oxidation sites excluding steroid dienone is 3. The summed E-state index contributed by atoms with van der Waals surface area (Å²) in [7, 11) is 5.88. The Morgan fingerprint density at radius 3 is 2.49 bits per heavy atom. The van der Waals surface area contributed by atoms with Crippen LogP contribution in [0.1, 0.15) is 59.9 Å². The molecule has 1 aromatic rings. The molecule has 0 aliphatic carbocycles. The minimum absolute atomic E-state index is 0.119. The maximum Gasteiger partial charge on any atom is 0.409 e. The van der Waals surface area contributed by atoms with Gasteiger partial charge in [0, 0.05) is 34.5 Å². The molecule has 260 valence electrons. The number of rotatable bonds is 5. The normalized spacial score (nSPS) is 28.0. The lowest BCUT2D eigenvalue weighted by molar-refractivity contribution is -0.203. The van der Waals surface area contributed by atoms with Crippen molar-refractivity contribution in [3.05, 3.63) is 40.9 Å². The lowest BCUT2D eigenvalue weighted by Gasteiger charge is -2.44. The third-order valence-corrected chi connectivity index (χ3v) is 9.08. The van der Waals surface area contributed by atoms with Crippen LogP contribution in [0.3, 0.4) is 0 Å². The van der Waals surface area contributed by atoms with Crippen LogP contribution in [0.25, 0.3) is 5.57 Å². The molecular formula is C33H46ClN3O10. The number of aliphatic hydroxyl groups is 1. The average Bonchev–Trinajstić information content (AvgIpc) is 3.00. The highest BCUT2D eigenvalue weighted by Crippen LogP contribution is 2.39. The molecule has 0 radical (unpaired) electrons. The summed E-state index contributed by atoms with van der Waals surface area (Å²) in [6.07, 6.45) is -0.271. The van der Waals surface area contributed by atoms with Gasteiger partial charge in [-0.1, -0.05) is 29.8 Å². The van der Waals surface area contributed by atoms with E-state index in [4.69, 9.17) is 35.3 Å². The van der Waals surface area contributed by atoms with Crippen LogP contribution in [0, 0.1) is 0 Å². The third kappa shape index (κ3) is 8.64. The van der Waals surface area contributed by atoms with Gasteiger partial charge >= 0.3 is 12.1 Å². The van der Waals surface area contributed by atoms with Crippen LogP contribution < -0.4 is 15.0 Å². The summed E-state index contributed by atoms with van der Waals surface area (Å²) < 4.78 is 28.9. The van der Waals surface area contributed by atoms with Crippen LogP contribution in [-0.2, 0) is 33.3 Å². The van der Waals surface area contributed by atoms with Crippen LogP contribution in [0.2, 0.25) is 5.02 Å². The molecule has 1 aromatic carbocycles. The standard InChI is InChI=1S/C33H46ClN3O10/c1-18-12-11-13-26(44-10)33(42)17-25(45-31(41)35-33)20(3)47-32(5,6)27(46-30(40)19(2)36(7)21(4)38)16-28(39)37(8)23-14-22(18)15-24(43-9)29(23)34/h11-15,19-20,25-27,42H,16-17H2,1-10H3,(H,35,41)/b13-11+,18-12?/t19-,20?,25+,26-,27+,33+/m1/s1. The van der Waals surface area contributed by atoms with E-state index in [1.54, 1.807) is 58.2 Å². The van der Waals surface area contributed by atoms with Crippen molar-refractivity contribution in [2.75, 3.05) is 33.2 Å². The summed E-state index contributed by atoms with van der Waals surface area (Å²) in [4.78, 5) is 54.5. The number of hydrogen-bond acceptors (Lipinski definition) is 10. The van der Waals surface area contributed by atoms with Crippen LogP contribution in [0.5, 0.6) is 5.75 Å². The third-order valence-electron chi connectivity index (χ3n) is 8.70. The Bertz CT molecular complexity index is 1430. The highest BCUT2D eigenvalue weighted by atomic mass is 35.5. The number of carbonyl (C=O) groups excluding carboxylic acids is 4. The molecule has 2 aliphatic heterocycles. The van der Waals surface area contributed by atoms with Gasteiger partial charge in [0.25, 0.3) is 0 Å². The number of halogens is 1. The lowest BCUT2D eigenvalue weighted by atomic mass is 9.92. The molecule has 1 saturated heterocycles. The molecule has 1 unspecified atom stereocenters. The van der Waals surface area contributed by atoms with Crippen molar-refractivity contribution in [3.63, 3.8) is 0 Å². The topological polar surface area (TPSA) is 153 Å². The number of alkyl carbamates (subject to hydrolysis) is 1. The minimum atomic E-state index is -1.87. The van der Waals surface area contributed by atoms with Crippen molar-refractivity contribution in [2.24, 2.45) is 0 Å². The largest absolute Gasteiger partial charge is 0.495 e. The van der Waals surface area contributed by atoms with E-state index in [0.29, 0.717) is 17.0 Å². The molecule has 1 fully saturated rings. The first-order valence-electron chi connectivity index (χ1n) is 15.2. The molecule has 2 heterocycles. The van der Waals surface area contributed by atoms with E-state index in [-0.39, 0.29) is 23.8 Å². The Kier molecular flexibility index (Phi) is 12.1. The number of nitrogens with zero attached hydrogens (tertiary/aromatic N) is 2. The van der Waals surface area contributed by atoms with E-state index in [9.17, 15) is 24.3 Å². The van der Waals surface area contributed by atoms with E-state index >= 15 is 0 Å². The number of hydrogen-bond donors (Lipinski definition) is 2. The Balaban J connectivity index is 2.18. The molecule has 0 saturated carbocycles. The van der Waals surface area contributed by atoms with Crippen LogP contribution in [0.15, 0.2) is 30.4 Å². The number of likely N-dealkylation sites (N-methyl/N-ethyl adjacent to an activating group) is 1. The highest BCUT2D eigenvalue weighted by Gasteiger charge is 2.48. The van der Waals surface area contributed by atoms with Crippen LogP contribution >= 0.6 is 11.6 Å². The zero-order valence-electron chi connectivity index (χ0n) is 28.6. The number of methoxy groups -OCH3 is 2. The van der Waals surface area contributed by atoms with Crippen molar-refractivity contribution in [1.82, 2.24) is 10.2 Å². The predicted octanol–water partition coefficient (Wildman–Crippen LogP) is 3.84. The van der Waals surface area contributed by atoms with E-state index < -0.39 is 59.8 Å². The van der Waals surface area contributed by atoms with Crippen molar-refractivity contribution >= 4 is 46.7 Å². The number of anilines is 1. The van der Waals surface area contributed by atoms with Crippen LogP contribution in [0.4, 0.5) is 10.5 Å². The van der Waals surface area contributed by atoms with Gasteiger partial charge in [-0.25, -0.2) is 9.59 Å². The number of benzene rings is 1. The fourth-order valence-electron chi connectivity index (χ4n) is 5.38. The van der Waals surface area contributed by atoms with Crippen LogP contribution in [-0.4, -0.2) is 104 Å². The molecular weight excluding hydrogens is 634 g/mol. The smallest absolute Gasteiger partial charge is 0.409 e. The predicted molar refractivity (Wildman–Crippen MR) is 175 cm³/mol. The fraction of sp³-hybridized carbons (Fsp3) is 0.576. The summed E-state index contributed by atoms with van der Waals surface area (Å²) >= 11 is 6.69. The molecule has 2 aliphatic rings. The molecule has 3 rings (SSSR count). The summed E-state index contributed by atoms with van der Waals surface area (Å²) in [6.45, 7) is 9.58. The molecule has 6 atom stereocenters. The molecule has 14 heteroatoms. The van der Waals surface area contributed by atoms with E-state index in [0.717, 1.165) is 5.57 Å². The quantitative estimate of drug-likeness (QED) is 0.439. The monoisotopic (exact) mass is 679 g/mol. The molecule has 47 heavy (non-hydrogen) atoms. The van der Waals surface area contributed by atoms with Gasteiger partial charge in [-0.3, -0.25) is 14.9 Å². The maximum atomic E-state index is 13.9. The van der Waals surface area contributed by atoms with Gasteiger partial charge in [-0.2, -0.15) is 0 Å². The van der Waals surface area contributed by atoms with Crippen molar-refractivity contribution in [2.45, 2.75) is 96.2 Å². The van der Waals surface area contributed by atoms with E-state index in [2.05, 4.69) is 5.32 Å². The molecule has 4 bridgehead atoms. The SMILES string of the molecule is COc1cc2cc(c1Cl)N(C)C(=O)C[C@H](OC(=O)[C@@H](C)N(C)C(C)=O)C(C)(C)OC(C)[C@@H]1C[C@@](O)(NC(=O)O1)[C@H](OC)/C=C/C=C2C. The van der Waals surface area contributed by atoms with E-state index in [1.165, 1.54) is 44.9 Å². The highest BCUT2D eigenvalue weighted by molar-refractivity contribution is 6.35. The van der Waals surface area contributed by atoms with Gasteiger partial charge in [0.05, 0.1) is 25.3 Å². The van der Waals surface area contributed by atoms with Gasteiger partial charge < -0.3 is 38.6 Å². The number of carbonyl (C=O) groups is 4. The molecule has 0 spiro atoms. The molecule has 2 N–H and O–H groups in total. The van der Waals surface area contributed by atoms with Gasteiger partial charge in [-0.05, 0) is 57.9 Å². The summed E-state index contributed by atoms with van der Waals surface area (Å²) in [5.41, 5.74) is -1.44. The second-order valence-corrected chi connectivity index (χ2v) is 12.8. The Hall–Kier alpha value is -3.65. The molecule has 3 amide bonds. The number of ether oxygens (including phenoxy) is 5. The second kappa shape index (κ2) is 15.1. The average molecular weight is 680 g/mol. The zero-order chi connectivity index (χ0) is 35.4. The minimum Gasteiger partial charge on any atom is -0.495 e. The van der Waals surface area contributed by atoms with Crippen molar-refractivity contribution in [1.29, 1.82) is 0 Å². The fourth-order valence-corrected chi connectivity index (χ4v) is 5.70. The Morgan fingerprint density at radius 1 is 1.23 bits per heavy atom. The first-order chi connectivity index (χ1) is 21.8. The Labute approximate surface area is 280 Å². The summed E-state index contributed by atoms with van der Waals surface area (Å²) in [5, 5.41) is 14.3. The number of fused-ring (bicyclic) bond motifs is 4. The lowest BCUT2D eigenvalue weighted by Crippen LogP contribution is -2.64. The molecule has 0 aromatic heterocycles. The summed E-state index contributed by atoms with van der Waals surface area (Å²) in [6, 6.07) is 2.49. The summed E-state index contributed by atoms with van der Waals surface area (Å²) in [5.74, 6) is -1.24. The maximum absolute atomic E-state index is 13.9. The van der Waals surface area contributed by atoms with Crippen molar-refractivity contribution in [3.8, 4) is 5.75 Å². The first-order valence-corrected chi connectivity index (χ1v) is 15.6. The number of esters is 1.